The number of benzene rings is 1. The van der Waals surface area contributed by atoms with Gasteiger partial charge < -0.3 is 14.4 Å². The van der Waals surface area contributed by atoms with Crippen molar-refractivity contribution >= 4 is 5.91 Å². The minimum atomic E-state index is -0.362. The SMILES string of the molecule is CN(C)C(=O)c1ccc(OC2CC2)cc1OC(C)(C)C. The molecule has 2 rings (SSSR count). The Morgan fingerprint density at radius 1 is 1.25 bits per heavy atom. The molecule has 1 aromatic carbocycles. The van der Waals surface area contributed by atoms with Gasteiger partial charge >= 0.3 is 0 Å². The Morgan fingerprint density at radius 3 is 2.40 bits per heavy atom. The van der Waals surface area contributed by atoms with Gasteiger partial charge in [0.1, 0.15) is 17.1 Å². The highest BCUT2D eigenvalue weighted by molar-refractivity contribution is 5.96. The first-order valence-corrected chi connectivity index (χ1v) is 6.97. The van der Waals surface area contributed by atoms with Crippen LogP contribution in [-0.2, 0) is 0 Å². The molecule has 1 saturated carbocycles. The highest BCUT2D eigenvalue weighted by Gasteiger charge is 2.25. The minimum Gasteiger partial charge on any atom is -0.490 e. The lowest BCUT2D eigenvalue weighted by Crippen LogP contribution is -2.27. The minimum absolute atomic E-state index is 0.0674. The first kappa shape index (κ1) is 14.7. The average molecular weight is 277 g/mol. The van der Waals surface area contributed by atoms with Crippen LogP contribution in [0.15, 0.2) is 18.2 Å². The molecule has 1 aromatic rings. The van der Waals surface area contributed by atoms with Crippen molar-refractivity contribution in [2.75, 3.05) is 14.1 Å². The van der Waals surface area contributed by atoms with Crippen molar-refractivity contribution in [1.82, 2.24) is 4.90 Å². The second kappa shape index (κ2) is 5.35. The lowest BCUT2D eigenvalue weighted by Gasteiger charge is -2.24. The van der Waals surface area contributed by atoms with Crippen molar-refractivity contribution in [1.29, 1.82) is 0 Å². The number of carbonyl (C=O) groups excluding carboxylic acids is 1. The van der Waals surface area contributed by atoms with Crippen LogP contribution in [0, 0.1) is 0 Å². The summed E-state index contributed by atoms with van der Waals surface area (Å²) in [5.41, 5.74) is 0.201. The molecule has 1 aliphatic carbocycles. The van der Waals surface area contributed by atoms with Gasteiger partial charge in [-0.05, 0) is 45.7 Å². The van der Waals surface area contributed by atoms with Gasteiger partial charge in [-0.2, -0.15) is 0 Å². The van der Waals surface area contributed by atoms with Gasteiger partial charge in [0.05, 0.1) is 11.7 Å². The summed E-state index contributed by atoms with van der Waals surface area (Å²) in [5, 5.41) is 0. The van der Waals surface area contributed by atoms with E-state index in [9.17, 15) is 4.79 Å². The van der Waals surface area contributed by atoms with Gasteiger partial charge in [-0.25, -0.2) is 0 Å². The van der Waals surface area contributed by atoms with E-state index in [1.807, 2.05) is 32.9 Å². The average Bonchev–Trinajstić information content (AvgIpc) is 3.10. The first-order chi connectivity index (χ1) is 9.26. The van der Waals surface area contributed by atoms with Crippen LogP contribution in [0.3, 0.4) is 0 Å². The molecule has 0 heterocycles. The molecule has 0 N–H and O–H groups in total. The molecule has 0 atom stereocenters. The Hall–Kier alpha value is -1.71. The maximum Gasteiger partial charge on any atom is 0.257 e. The molecular weight excluding hydrogens is 254 g/mol. The third kappa shape index (κ3) is 3.89. The van der Waals surface area contributed by atoms with Crippen LogP contribution in [0.2, 0.25) is 0 Å². The number of carbonyl (C=O) groups is 1. The molecule has 0 aromatic heterocycles. The summed E-state index contributed by atoms with van der Waals surface area (Å²) < 4.78 is 11.7. The Labute approximate surface area is 120 Å². The van der Waals surface area contributed by atoms with Gasteiger partial charge in [0.25, 0.3) is 5.91 Å². The van der Waals surface area contributed by atoms with Gasteiger partial charge in [0, 0.05) is 20.2 Å². The van der Waals surface area contributed by atoms with Crippen LogP contribution >= 0.6 is 0 Å². The summed E-state index contributed by atoms with van der Waals surface area (Å²) in [6, 6.07) is 5.44. The summed E-state index contributed by atoms with van der Waals surface area (Å²) in [6.07, 6.45) is 2.54. The number of amides is 1. The predicted octanol–water partition coefficient (Wildman–Crippen LogP) is 3.11. The summed E-state index contributed by atoms with van der Waals surface area (Å²) in [5.74, 6) is 1.28. The summed E-state index contributed by atoms with van der Waals surface area (Å²) in [4.78, 5) is 13.7. The van der Waals surface area contributed by atoms with Crippen molar-refractivity contribution in [2.45, 2.75) is 45.3 Å². The number of nitrogens with zero attached hydrogens (tertiary/aromatic N) is 1. The highest BCUT2D eigenvalue weighted by Crippen LogP contribution is 2.32. The number of hydrogen-bond donors (Lipinski definition) is 0. The first-order valence-electron chi connectivity index (χ1n) is 6.97. The summed E-state index contributed by atoms with van der Waals surface area (Å²) in [7, 11) is 3.47. The topological polar surface area (TPSA) is 38.8 Å². The molecule has 0 bridgehead atoms. The summed E-state index contributed by atoms with van der Waals surface area (Å²) in [6.45, 7) is 5.89. The zero-order valence-electron chi connectivity index (χ0n) is 12.9. The van der Waals surface area contributed by atoms with E-state index >= 15 is 0 Å². The van der Waals surface area contributed by atoms with Gasteiger partial charge in [-0.15, -0.1) is 0 Å². The third-order valence-electron chi connectivity index (χ3n) is 2.83. The molecule has 1 amide bonds. The second-order valence-corrected chi connectivity index (χ2v) is 6.39. The van der Waals surface area contributed by atoms with E-state index in [2.05, 4.69) is 0 Å². The zero-order valence-corrected chi connectivity index (χ0v) is 12.9. The van der Waals surface area contributed by atoms with E-state index in [0.29, 0.717) is 17.4 Å². The Bertz CT molecular complexity index is 499. The van der Waals surface area contributed by atoms with Crippen LogP contribution in [0.25, 0.3) is 0 Å². The fourth-order valence-corrected chi connectivity index (χ4v) is 1.79. The molecule has 110 valence electrons. The largest absolute Gasteiger partial charge is 0.490 e. The molecule has 0 spiro atoms. The fourth-order valence-electron chi connectivity index (χ4n) is 1.79. The van der Waals surface area contributed by atoms with Crippen LogP contribution in [0.4, 0.5) is 0 Å². The van der Waals surface area contributed by atoms with Crippen molar-refractivity contribution in [3.8, 4) is 11.5 Å². The van der Waals surface area contributed by atoms with E-state index in [-0.39, 0.29) is 11.5 Å². The molecule has 0 radical (unpaired) electrons. The van der Waals surface area contributed by atoms with Crippen molar-refractivity contribution in [3.63, 3.8) is 0 Å². The molecule has 4 nitrogen and oxygen atoms in total. The van der Waals surface area contributed by atoms with Crippen LogP contribution in [-0.4, -0.2) is 36.6 Å². The van der Waals surface area contributed by atoms with E-state index in [1.54, 1.807) is 25.1 Å². The predicted molar refractivity (Wildman–Crippen MR) is 78.5 cm³/mol. The van der Waals surface area contributed by atoms with E-state index in [1.165, 1.54) is 0 Å². The van der Waals surface area contributed by atoms with Crippen molar-refractivity contribution in [2.24, 2.45) is 0 Å². The van der Waals surface area contributed by atoms with Gasteiger partial charge in [0.2, 0.25) is 0 Å². The van der Waals surface area contributed by atoms with E-state index in [4.69, 9.17) is 9.47 Å². The maximum absolute atomic E-state index is 12.2. The van der Waals surface area contributed by atoms with Crippen molar-refractivity contribution in [3.05, 3.63) is 23.8 Å². The summed E-state index contributed by atoms with van der Waals surface area (Å²) >= 11 is 0. The van der Waals surface area contributed by atoms with Gasteiger partial charge in [0.15, 0.2) is 0 Å². The van der Waals surface area contributed by atoms with E-state index < -0.39 is 0 Å². The third-order valence-corrected chi connectivity index (χ3v) is 2.83. The lowest BCUT2D eigenvalue weighted by molar-refractivity contribution is 0.0809. The maximum atomic E-state index is 12.2. The fraction of sp³-hybridized carbons (Fsp3) is 0.562. The van der Waals surface area contributed by atoms with Gasteiger partial charge in [-0.1, -0.05) is 0 Å². The highest BCUT2D eigenvalue weighted by atomic mass is 16.5. The zero-order chi connectivity index (χ0) is 14.9. The van der Waals surface area contributed by atoms with Crippen LogP contribution < -0.4 is 9.47 Å². The van der Waals surface area contributed by atoms with Crippen molar-refractivity contribution < 1.29 is 14.3 Å². The standard InChI is InChI=1S/C16H23NO3/c1-16(2,3)20-14-10-12(19-11-6-7-11)8-9-13(14)15(18)17(4)5/h8-11H,6-7H2,1-5H3. The normalized spacial score (nSPS) is 14.8. The second-order valence-electron chi connectivity index (χ2n) is 6.39. The molecule has 4 heteroatoms. The molecule has 0 unspecified atom stereocenters. The smallest absolute Gasteiger partial charge is 0.257 e. The Balaban J connectivity index is 2.31. The Kier molecular flexibility index (Phi) is 3.93. The molecule has 1 fully saturated rings. The number of hydrogen-bond acceptors (Lipinski definition) is 3. The van der Waals surface area contributed by atoms with Crippen LogP contribution in [0.1, 0.15) is 44.0 Å². The van der Waals surface area contributed by atoms with Gasteiger partial charge in [-0.3, -0.25) is 4.79 Å². The molecule has 0 saturated heterocycles. The monoisotopic (exact) mass is 277 g/mol. The molecular formula is C16H23NO3. The molecule has 20 heavy (non-hydrogen) atoms. The Morgan fingerprint density at radius 2 is 1.90 bits per heavy atom. The van der Waals surface area contributed by atoms with E-state index in [0.717, 1.165) is 18.6 Å². The molecule has 0 aliphatic heterocycles. The molecule has 1 aliphatic rings. The number of ether oxygens (including phenoxy) is 2. The quantitative estimate of drug-likeness (QED) is 0.849. The number of rotatable bonds is 4. The lowest BCUT2D eigenvalue weighted by atomic mass is 10.1. The van der Waals surface area contributed by atoms with Crippen LogP contribution in [0.5, 0.6) is 11.5 Å².